The van der Waals surface area contributed by atoms with Crippen LogP contribution in [0, 0.1) is 0 Å². The molecule has 0 spiro atoms. The lowest BCUT2D eigenvalue weighted by molar-refractivity contribution is -0.121. The minimum absolute atomic E-state index is 0.0624. The van der Waals surface area contributed by atoms with Gasteiger partial charge >= 0.3 is 6.61 Å². The molecule has 0 aliphatic carbocycles. The second-order valence-electron chi connectivity index (χ2n) is 5.91. The van der Waals surface area contributed by atoms with Crippen LogP contribution in [0.5, 0.6) is 23.0 Å². The predicted octanol–water partition coefficient (Wildman–Crippen LogP) is 3.73. The van der Waals surface area contributed by atoms with Crippen LogP contribution >= 0.6 is 0 Å². The number of halogens is 2. The van der Waals surface area contributed by atoms with Crippen molar-refractivity contribution in [1.29, 1.82) is 0 Å². The molecule has 1 atom stereocenters. The summed E-state index contributed by atoms with van der Waals surface area (Å²) in [6.07, 6.45) is 0.0699. The summed E-state index contributed by atoms with van der Waals surface area (Å²) in [6, 6.07) is 9.23. The molecule has 8 heteroatoms. The van der Waals surface area contributed by atoms with Crippen LogP contribution in [0.3, 0.4) is 0 Å². The smallest absolute Gasteiger partial charge is 0.387 e. The maximum Gasteiger partial charge on any atom is 0.387 e. The largest absolute Gasteiger partial charge is 0.493 e. The molecule has 0 aliphatic heterocycles. The number of amides is 1. The topological polar surface area (TPSA) is 66.0 Å². The molecule has 0 bridgehead atoms. The zero-order valence-corrected chi connectivity index (χ0v) is 16.1. The Kier molecular flexibility index (Phi) is 7.43. The van der Waals surface area contributed by atoms with E-state index in [1.807, 2.05) is 0 Å². The van der Waals surface area contributed by atoms with Crippen LogP contribution in [-0.4, -0.2) is 33.8 Å². The number of carbonyl (C=O) groups is 1. The lowest BCUT2D eigenvalue weighted by atomic mass is 10.1. The average molecular weight is 395 g/mol. The van der Waals surface area contributed by atoms with Crippen LogP contribution < -0.4 is 24.3 Å². The first-order valence-corrected chi connectivity index (χ1v) is 8.51. The predicted molar refractivity (Wildman–Crippen MR) is 99.4 cm³/mol. The molecule has 0 fully saturated rings. The number of carbonyl (C=O) groups excluding carboxylic acids is 1. The van der Waals surface area contributed by atoms with E-state index in [9.17, 15) is 13.6 Å². The number of ether oxygens (including phenoxy) is 4. The molecule has 0 aromatic heterocycles. The maximum absolute atomic E-state index is 12.5. The first-order chi connectivity index (χ1) is 13.4. The van der Waals surface area contributed by atoms with E-state index in [0.717, 1.165) is 5.56 Å². The molecule has 0 radical (unpaired) electrons. The fourth-order valence-corrected chi connectivity index (χ4v) is 2.79. The summed E-state index contributed by atoms with van der Waals surface area (Å²) < 4.78 is 44.7. The first kappa shape index (κ1) is 21.3. The van der Waals surface area contributed by atoms with Crippen LogP contribution in [0.1, 0.15) is 24.1 Å². The van der Waals surface area contributed by atoms with Crippen molar-refractivity contribution < 1.29 is 32.5 Å². The van der Waals surface area contributed by atoms with Crippen LogP contribution in [0.15, 0.2) is 36.4 Å². The summed E-state index contributed by atoms with van der Waals surface area (Å²) in [5.74, 6) is 1.18. The van der Waals surface area contributed by atoms with Crippen molar-refractivity contribution in [2.24, 2.45) is 0 Å². The summed E-state index contributed by atoms with van der Waals surface area (Å²) in [6.45, 7) is -1.08. The van der Waals surface area contributed by atoms with E-state index < -0.39 is 6.61 Å². The molecular formula is C20H23F2NO5. The third kappa shape index (κ3) is 5.25. The van der Waals surface area contributed by atoms with Gasteiger partial charge in [-0.1, -0.05) is 18.2 Å². The fourth-order valence-electron chi connectivity index (χ4n) is 2.79. The lowest BCUT2D eigenvalue weighted by Crippen LogP contribution is -2.28. The maximum atomic E-state index is 12.5. The summed E-state index contributed by atoms with van der Waals surface area (Å²) in [7, 11) is 4.50. The molecule has 0 saturated heterocycles. The van der Waals surface area contributed by atoms with Gasteiger partial charge < -0.3 is 24.3 Å². The minimum atomic E-state index is -2.88. The monoisotopic (exact) mass is 395 g/mol. The van der Waals surface area contributed by atoms with Crippen molar-refractivity contribution >= 4 is 5.91 Å². The third-order valence-corrected chi connectivity index (χ3v) is 4.12. The van der Waals surface area contributed by atoms with Gasteiger partial charge in [0.15, 0.2) is 11.5 Å². The highest BCUT2D eigenvalue weighted by Gasteiger charge is 2.19. The molecule has 152 valence electrons. The Bertz CT molecular complexity index is 796. The summed E-state index contributed by atoms with van der Waals surface area (Å²) in [5.41, 5.74) is 1.40. The zero-order valence-electron chi connectivity index (χ0n) is 16.1. The number of nitrogens with one attached hydrogen (secondary N) is 1. The highest BCUT2D eigenvalue weighted by molar-refractivity contribution is 5.80. The van der Waals surface area contributed by atoms with E-state index in [-0.39, 0.29) is 24.1 Å². The van der Waals surface area contributed by atoms with Crippen molar-refractivity contribution in [3.63, 3.8) is 0 Å². The Morgan fingerprint density at radius 3 is 2.14 bits per heavy atom. The average Bonchev–Trinajstić information content (AvgIpc) is 2.67. The van der Waals surface area contributed by atoms with Crippen molar-refractivity contribution in [3.05, 3.63) is 47.5 Å². The van der Waals surface area contributed by atoms with Gasteiger partial charge in [0.2, 0.25) is 11.7 Å². The summed E-state index contributed by atoms with van der Waals surface area (Å²) in [4.78, 5) is 12.5. The van der Waals surface area contributed by atoms with Crippen LogP contribution in [0.25, 0.3) is 0 Å². The van der Waals surface area contributed by atoms with Gasteiger partial charge in [0.25, 0.3) is 0 Å². The van der Waals surface area contributed by atoms with Gasteiger partial charge in [0.05, 0.1) is 33.8 Å². The van der Waals surface area contributed by atoms with Crippen molar-refractivity contribution in [3.8, 4) is 23.0 Å². The minimum Gasteiger partial charge on any atom is -0.493 e. The number of benzene rings is 2. The van der Waals surface area contributed by atoms with E-state index in [4.69, 9.17) is 14.2 Å². The number of rotatable bonds is 9. The van der Waals surface area contributed by atoms with Crippen molar-refractivity contribution in [2.45, 2.75) is 26.0 Å². The van der Waals surface area contributed by atoms with Gasteiger partial charge in [-0.05, 0) is 30.7 Å². The summed E-state index contributed by atoms with van der Waals surface area (Å²) >= 11 is 0. The second-order valence-corrected chi connectivity index (χ2v) is 5.91. The van der Waals surface area contributed by atoms with Gasteiger partial charge in [0, 0.05) is 5.56 Å². The molecule has 2 aromatic rings. The van der Waals surface area contributed by atoms with Crippen molar-refractivity contribution in [1.82, 2.24) is 5.32 Å². The van der Waals surface area contributed by atoms with Crippen LogP contribution in [0.4, 0.5) is 8.78 Å². The molecular weight excluding hydrogens is 372 g/mol. The highest BCUT2D eigenvalue weighted by atomic mass is 19.3. The van der Waals surface area contributed by atoms with Gasteiger partial charge in [-0.3, -0.25) is 4.79 Å². The molecule has 1 amide bonds. The van der Waals surface area contributed by atoms with Crippen molar-refractivity contribution in [2.75, 3.05) is 21.3 Å². The Balaban J connectivity index is 2.07. The molecule has 2 aromatic carbocycles. The lowest BCUT2D eigenvalue weighted by Gasteiger charge is -2.18. The molecule has 0 saturated carbocycles. The zero-order chi connectivity index (χ0) is 20.7. The fraction of sp³-hybridized carbons (Fsp3) is 0.350. The van der Waals surface area contributed by atoms with E-state index in [0.29, 0.717) is 22.8 Å². The molecule has 0 aliphatic rings. The first-order valence-electron chi connectivity index (χ1n) is 8.51. The Labute approximate surface area is 162 Å². The van der Waals surface area contributed by atoms with Gasteiger partial charge in [-0.25, -0.2) is 0 Å². The SMILES string of the molecule is COc1ccc(CC(=O)NC(C)c2ccc(OC(F)F)cc2)c(OC)c1OC. The molecule has 2 rings (SSSR count). The van der Waals surface area contributed by atoms with E-state index in [1.165, 1.54) is 33.5 Å². The molecule has 1 unspecified atom stereocenters. The molecule has 0 heterocycles. The number of hydrogen-bond donors (Lipinski definition) is 1. The Morgan fingerprint density at radius 1 is 0.964 bits per heavy atom. The van der Waals surface area contributed by atoms with E-state index in [2.05, 4.69) is 10.1 Å². The molecule has 1 N–H and O–H groups in total. The standard InChI is InChI=1S/C20H23F2NO5/c1-12(13-5-8-15(9-6-13)28-20(21)22)23-17(24)11-14-7-10-16(25-2)19(27-4)18(14)26-3/h5-10,12,20H,11H2,1-4H3,(H,23,24). The Hall–Kier alpha value is -3.03. The molecule has 6 nitrogen and oxygen atoms in total. The highest BCUT2D eigenvalue weighted by Crippen LogP contribution is 2.39. The molecule has 28 heavy (non-hydrogen) atoms. The van der Waals surface area contributed by atoms with Gasteiger partial charge in [-0.2, -0.15) is 8.78 Å². The summed E-state index contributed by atoms with van der Waals surface area (Å²) in [5, 5.41) is 2.87. The third-order valence-electron chi connectivity index (χ3n) is 4.12. The van der Waals surface area contributed by atoms with Crippen LogP contribution in [-0.2, 0) is 11.2 Å². The quantitative estimate of drug-likeness (QED) is 0.701. The Morgan fingerprint density at radius 2 is 1.61 bits per heavy atom. The van der Waals surface area contributed by atoms with E-state index in [1.54, 1.807) is 31.2 Å². The number of methoxy groups -OCH3 is 3. The van der Waals surface area contributed by atoms with E-state index >= 15 is 0 Å². The van der Waals surface area contributed by atoms with Gasteiger partial charge in [-0.15, -0.1) is 0 Å². The number of alkyl halides is 2. The number of hydrogen-bond acceptors (Lipinski definition) is 5. The van der Waals surface area contributed by atoms with Crippen LogP contribution in [0.2, 0.25) is 0 Å². The normalized spacial score (nSPS) is 11.7. The van der Waals surface area contributed by atoms with Gasteiger partial charge in [0.1, 0.15) is 5.75 Å². The second kappa shape index (κ2) is 9.77.